The molecule has 23 heavy (non-hydrogen) atoms. The number of hydrogen-bond acceptors (Lipinski definition) is 3. The molecular weight excluding hydrogens is 312 g/mol. The van der Waals surface area contributed by atoms with E-state index in [-0.39, 0.29) is 11.8 Å². The predicted octanol–water partition coefficient (Wildman–Crippen LogP) is 4.65. The van der Waals surface area contributed by atoms with Gasteiger partial charge in [-0.15, -0.1) is 0 Å². The maximum atomic E-state index is 11.8. The lowest BCUT2D eigenvalue weighted by Crippen LogP contribution is -2.09. The van der Waals surface area contributed by atoms with Crippen molar-refractivity contribution in [3.8, 4) is 11.5 Å². The molecule has 0 N–H and O–H groups in total. The molecule has 0 heterocycles. The minimum absolute atomic E-state index is 0.0720. The molecule has 116 valence electrons. The van der Waals surface area contributed by atoms with E-state index in [0.717, 1.165) is 39.1 Å². The average molecular weight is 327 g/mol. The topological polar surface area (TPSA) is 35.5 Å². The zero-order valence-electron chi connectivity index (χ0n) is 12.6. The highest BCUT2D eigenvalue weighted by molar-refractivity contribution is 6.31. The molecule has 2 atom stereocenters. The summed E-state index contributed by atoms with van der Waals surface area (Å²) in [5, 5.41) is 2.61. The molecule has 3 nitrogen and oxygen atoms in total. The van der Waals surface area contributed by atoms with Crippen molar-refractivity contribution in [3.63, 3.8) is 0 Å². The van der Waals surface area contributed by atoms with Crippen LogP contribution in [0.4, 0.5) is 0 Å². The monoisotopic (exact) mass is 326 g/mol. The Morgan fingerprint density at radius 3 is 2.61 bits per heavy atom. The van der Waals surface area contributed by atoms with Gasteiger partial charge in [-0.2, -0.15) is 0 Å². The van der Waals surface area contributed by atoms with Gasteiger partial charge in [-0.25, -0.2) is 4.79 Å². The van der Waals surface area contributed by atoms with Crippen molar-refractivity contribution >= 4 is 28.3 Å². The minimum atomic E-state index is -0.467. The number of carbonyl (C=O) groups is 1. The fraction of sp³-hybridized carbons (Fsp3) is 0.211. The van der Waals surface area contributed by atoms with Crippen LogP contribution < -0.4 is 9.47 Å². The van der Waals surface area contributed by atoms with Crippen molar-refractivity contribution in [1.29, 1.82) is 0 Å². The molecule has 0 spiro atoms. The lowest BCUT2D eigenvalue weighted by atomic mass is 9.90. The first kappa shape index (κ1) is 14.3. The largest absolute Gasteiger partial charge is 0.496 e. The Hall–Kier alpha value is -2.26. The number of benzene rings is 2. The summed E-state index contributed by atoms with van der Waals surface area (Å²) in [5.74, 6) is 1.25. The van der Waals surface area contributed by atoms with Crippen molar-refractivity contribution in [2.45, 2.75) is 18.3 Å². The van der Waals surface area contributed by atoms with E-state index < -0.39 is 5.97 Å². The van der Waals surface area contributed by atoms with E-state index in [1.54, 1.807) is 7.11 Å². The number of methoxy groups -OCH3 is 1. The van der Waals surface area contributed by atoms with Gasteiger partial charge in [-0.1, -0.05) is 48.5 Å². The van der Waals surface area contributed by atoms with Crippen LogP contribution in [-0.2, 0) is 4.79 Å². The molecule has 0 saturated heterocycles. The standard InChI is InChI=1S/C19H15ClO3/c1-3-15(21)23-19-12-7-5-4-6-11(12)18(22-2)16-10-8-13(17(16)19)14(20)9-10/h3-7,9-10,13H,1,8H2,2H3. The highest BCUT2D eigenvalue weighted by atomic mass is 35.5. The molecule has 4 heteroatoms. The number of rotatable bonds is 3. The number of allylic oxidation sites excluding steroid dienone is 2. The van der Waals surface area contributed by atoms with Gasteiger partial charge in [0.1, 0.15) is 11.5 Å². The van der Waals surface area contributed by atoms with Crippen LogP contribution in [0, 0.1) is 0 Å². The molecular formula is C19H15ClO3. The zero-order chi connectivity index (χ0) is 16.1. The van der Waals surface area contributed by atoms with Crippen molar-refractivity contribution in [1.82, 2.24) is 0 Å². The second-order valence-electron chi connectivity index (χ2n) is 5.81. The van der Waals surface area contributed by atoms with Crippen LogP contribution in [0.3, 0.4) is 0 Å². The van der Waals surface area contributed by atoms with E-state index in [9.17, 15) is 4.79 Å². The van der Waals surface area contributed by atoms with Gasteiger partial charge >= 0.3 is 5.97 Å². The van der Waals surface area contributed by atoms with E-state index in [4.69, 9.17) is 21.1 Å². The van der Waals surface area contributed by atoms with Crippen LogP contribution >= 0.6 is 11.6 Å². The Labute approximate surface area is 139 Å². The molecule has 4 rings (SSSR count). The van der Waals surface area contributed by atoms with Crippen molar-refractivity contribution in [3.05, 3.63) is 59.2 Å². The number of carbonyl (C=O) groups excluding carboxylic acids is 1. The van der Waals surface area contributed by atoms with Crippen LogP contribution in [0.2, 0.25) is 0 Å². The van der Waals surface area contributed by atoms with Gasteiger partial charge < -0.3 is 9.47 Å². The number of halogens is 1. The molecule has 2 aliphatic rings. The highest BCUT2D eigenvalue weighted by Gasteiger charge is 2.43. The van der Waals surface area contributed by atoms with Crippen molar-refractivity contribution < 1.29 is 14.3 Å². The zero-order valence-corrected chi connectivity index (χ0v) is 13.4. The van der Waals surface area contributed by atoms with Gasteiger partial charge in [0.05, 0.1) is 7.11 Å². The number of fused-ring (bicyclic) bond motifs is 6. The molecule has 2 bridgehead atoms. The first-order valence-corrected chi connectivity index (χ1v) is 7.87. The van der Waals surface area contributed by atoms with Crippen LogP contribution in [0.1, 0.15) is 29.4 Å². The van der Waals surface area contributed by atoms with E-state index in [1.165, 1.54) is 6.08 Å². The summed E-state index contributed by atoms with van der Waals surface area (Å²) in [6, 6.07) is 7.79. The van der Waals surface area contributed by atoms with Crippen molar-refractivity contribution in [2.24, 2.45) is 0 Å². The lowest BCUT2D eigenvalue weighted by molar-refractivity contribution is -0.128. The normalized spacial score (nSPS) is 21.0. The Morgan fingerprint density at radius 1 is 1.26 bits per heavy atom. The van der Waals surface area contributed by atoms with Crippen LogP contribution in [0.15, 0.2) is 48.0 Å². The summed E-state index contributed by atoms with van der Waals surface area (Å²) >= 11 is 6.39. The van der Waals surface area contributed by atoms with Gasteiger partial charge in [-0.05, 0) is 6.42 Å². The molecule has 0 saturated carbocycles. The maximum Gasteiger partial charge on any atom is 0.335 e. The third kappa shape index (κ3) is 1.93. The SMILES string of the molecule is C=CC(=O)Oc1c2c(c(OC)c3ccccc13)C1C=C(Cl)C2C1. The second kappa shape index (κ2) is 5.14. The average Bonchev–Trinajstić information content (AvgIpc) is 3.12. The van der Waals surface area contributed by atoms with Gasteiger partial charge in [0.25, 0.3) is 0 Å². The van der Waals surface area contributed by atoms with Gasteiger partial charge in [0.15, 0.2) is 0 Å². The highest BCUT2D eigenvalue weighted by Crippen LogP contribution is 2.61. The molecule has 0 aromatic heterocycles. The number of ether oxygens (including phenoxy) is 2. The lowest BCUT2D eigenvalue weighted by Gasteiger charge is -2.22. The second-order valence-corrected chi connectivity index (χ2v) is 6.24. The summed E-state index contributed by atoms with van der Waals surface area (Å²) in [6.45, 7) is 3.49. The first-order chi connectivity index (χ1) is 11.2. The summed E-state index contributed by atoms with van der Waals surface area (Å²) < 4.78 is 11.3. The molecule has 2 aromatic rings. The molecule has 0 amide bonds. The summed E-state index contributed by atoms with van der Waals surface area (Å²) in [6.07, 6.45) is 4.15. The Kier molecular flexibility index (Phi) is 3.20. The van der Waals surface area contributed by atoms with E-state index in [0.29, 0.717) is 5.75 Å². The quantitative estimate of drug-likeness (QED) is 0.468. The van der Waals surface area contributed by atoms with Gasteiger partial charge in [0, 0.05) is 44.8 Å². The summed E-state index contributed by atoms with van der Waals surface area (Å²) in [4.78, 5) is 11.8. The van der Waals surface area contributed by atoms with Crippen molar-refractivity contribution in [2.75, 3.05) is 7.11 Å². The molecule has 2 aliphatic carbocycles. The fourth-order valence-electron chi connectivity index (χ4n) is 3.80. The van der Waals surface area contributed by atoms with Crippen LogP contribution in [0.25, 0.3) is 10.8 Å². The Balaban J connectivity index is 2.08. The molecule has 2 aromatic carbocycles. The maximum absolute atomic E-state index is 11.8. The molecule has 0 fully saturated rings. The fourth-order valence-corrected chi connectivity index (χ4v) is 4.15. The predicted molar refractivity (Wildman–Crippen MR) is 90.4 cm³/mol. The minimum Gasteiger partial charge on any atom is -0.496 e. The molecule has 2 unspecified atom stereocenters. The first-order valence-electron chi connectivity index (χ1n) is 7.49. The van der Waals surface area contributed by atoms with Crippen LogP contribution in [0.5, 0.6) is 11.5 Å². The molecule has 0 aliphatic heterocycles. The summed E-state index contributed by atoms with van der Waals surface area (Å²) in [5.41, 5.74) is 2.07. The Morgan fingerprint density at radius 2 is 1.96 bits per heavy atom. The molecule has 0 radical (unpaired) electrons. The third-order valence-electron chi connectivity index (χ3n) is 4.67. The summed E-state index contributed by atoms with van der Waals surface area (Å²) in [7, 11) is 1.68. The smallest absolute Gasteiger partial charge is 0.335 e. The number of esters is 1. The number of hydrogen-bond donors (Lipinski definition) is 0. The Bertz CT molecular complexity index is 882. The third-order valence-corrected chi connectivity index (χ3v) is 5.06. The van der Waals surface area contributed by atoms with E-state index >= 15 is 0 Å². The van der Waals surface area contributed by atoms with Gasteiger partial charge in [0.2, 0.25) is 0 Å². The van der Waals surface area contributed by atoms with E-state index in [2.05, 4.69) is 12.7 Å². The van der Waals surface area contributed by atoms with E-state index in [1.807, 2.05) is 24.3 Å². The van der Waals surface area contributed by atoms with Crippen LogP contribution in [-0.4, -0.2) is 13.1 Å². The van der Waals surface area contributed by atoms with Gasteiger partial charge in [-0.3, -0.25) is 0 Å².